The summed E-state index contributed by atoms with van der Waals surface area (Å²) < 4.78 is 5.92. The van der Waals surface area contributed by atoms with Crippen molar-refractivity contribution in [1.29, 1.82) is 0 Å². The molecule has 1 aliphatic heterocycles. The quantitative estimate of drug-likeness (QED) is 0.610. The molecule has 162 valence electrons. The Morgan fingerprint density at radius 2 is 1.90 bits per heavy atom. The lowest BCUT2D eigenvalue weighted by Gasteiger charge is -2.34. The molecule has 0 bridgehead atoms. The molecule has 1 aliphatic carbocycles. The van der Waals surface area contributed by atoms with Crippen LogP contribution in [0.5, 0.6) is 5.75 Å². The Balaban J connectivity index is 1.40. The zero-order chi connectivity index (χ0) is 20.5. The van der Waals surface area contributed by atoms with E-state index in [1.54, 1.807) is 0 Å². The van der Waals surface area contributed by atoms with Crippen LogP contribution in [-0.4, -0.2) is 84.9 Å². The van der Waals surface area contributed by atoms with Gasteiger partial charge in [-0.1, -0.05) is 37.5 Å². The molecule has 5 heteroatoms. The van der Waals surface area contributed by atoms with Gasteiger partial charge in [0.2, 0.25) is 0 Å². The van der Waals surface area contributed by atoms with Crippen LogP contribution in [0, 0.1) is 0 Å². The molecule has 5 nitrogen and oxygen atoms in total. The van der Waals surface area contributed by atoms with Crippen LogP contribution in [0.4, 0.5) is 0 Å². The third kappa shape index (κ3) is 7.41. The van der Waals surface area contributed by atoms with E-state index in [4.69, 9.17) is 4.74 Å². The van der Waals surface area contributed by atoms with Crippen molar-refractivity contribution in [3.05, 3.63) is 42.5 Å². The Kier molecular flexibility index (Phi) is 8.99. The summed E-state index contributed by atoms with van der Waals surface area (Å²) in [5.74, 6) is 0.854. The first-order valence-electron chi connectivity index (χ1n) is 11.3. The van der Waals surface area contributed by atoms with Crippen LogP contribution in [0.3, 0.4) is 0 Å². The van der Waals surface area contributed by atoms with Crippen LogP contribution < -0.4 is 4.74 Å². The number of nitrogens with zero attached hydrogens (tertiary/aromatic N) is 3. The number of piperazine rings is 1. The third-order valence-corrected chi connectivity index (χ3v) is 6.30. The second-order valence-electron chi connectivity index (χ2n) is 8.71. The number of rotatable bonds is 10. The standard InChI is InChI=1S/C24H39N3O2/c1-3-12-26-13-15-27(16-14-26)18-21-8-7-11-24(17-21)29-20-23(28)19-25(2)22-9-5-4-6-10-22/h3,7-8,11,17,22-23,28H,1,4-6,9-10,12-16,18-20H2,2H3/t23-/m0/s1. The fraction of sp³-hybridized carbons (Fsp3) is 0.667. The van der Waals surface area contributed by atoms with Gasteiger partial charge >= 0.3 is 0 Å². The van der Waals surface area contributed by atoms with E-state index in [1.165, 1.54) is 37.7 Å². The first-order valence-corrected chi connectivity index (χ1v) is 11.3. The molecule has 1 aromatic carbocycles. The van der Waals surface area contributed by atoms with E-state index < -0.39 is 6.10 Å². The summed E-state index contributed by atoms with van der Waals surface area (Å²) in [6, 6.07) is 8.94. The van der Waals surface area contributed by atoms with E-state index in [0.29, 0.717) is 19.2 Å². The van der Waals surface area contributed by atoms with Gasteiger partial charge < -0.3 is 14.7 Å². The predicted molar refractivity (Wildman–Crippen MR) is 119 cm³/mol. The minimum absolute atomic E-state index is 0.348. The van der Waals surface area contributed by atoms with Gasteiger partial charge in [0.25, 0.3) is 0 Å². The summed E-state index contributed by atoms with van der Waals surface area (Å²) in [7, 11) is 2.13. The lowest BCUT2D eigenvalue weighted by molar-refractivity contribution is 0.0561. The second kappa shape index (κ2) is 11.7. The molecule has 1 aromatic rings. The molecule has 2 aliphatic rings. The van der Waals surface area contributed by atoms with Crippen molar-refractivity contribution in [2.75, 3.05) is 52.9 Å². The summed E-state index contributed by atoms with van der Waals surface area (Å²) in [5, 5.41) is 10.4. The fourth-order valence-corrected chi connectivity index (χ4v) is 4.55. The van der Waals surface area contributed by atoms with Gasteiger partial charge in [-0.15, -0.1) is 6.58 Å². The zero-order valence-corrected chi connectivity index (χ0v) is 18.1. The maximum Gasteiger partial charge on any atom is 0.119 e. The maximum absolute atomic E-state index is 10.4. The number of aliphatic hydroxyl groups is 1. The van der Waals surface area contributed by atoms with Crippen molar-refractivity contribution < 1.29 is 9.84 Å². The molecule has 1 N–H and O–H groups in total. The van der Waals surface area contributed by atoms with Gasteiger partial charge in [0, 0.05) is 51.9 Å². The average molecular weight is 402 g/mol. The van der Waals surface area contributed by atoms with Gasteiger partial charge in [-0.3, -0.25) is 9.80 Å². The number of hydrogen-bond donors (Lipinski definition) is 1. The third-order valence-electron chi connectivity index (χ3n) is 6.30. The summed E-state index contributed by atoms with van der Waals surface area (Å²) in [6.45, 7) is 11.2. The van der Waals surface area contributed by atoms with Gasteiger partial charge in [-0.05, 0) is 37.6 Å². The van der Waals surface area contributed by atoms with E-state index in [1.807, 2.05) is 12.1 Å². The van der Waals surface area contributed by atoms with E-state index in [0.717, 1.165) is 45.0 Å². The van der Waals surface area contributed by atoms with Crippen LogP contribution in [0.15, 0.2) is 36.9 Å². The van der Waals surface area contributed by atoms with Gasteiger partial charge in [-0.2, -0.15) is 0 Å². The largest absolute Gasteiger partial charge is 0.491 e. The minimum Gasteiger partial charge on any atom is -0.491 e. The summed E-state index contributed by atoms with van der Waals surface area (Å²) in [5.41, 5.74) is 1.27. The Hall–Kier alpha value is -1.40. The highest BCUT2D eigenvalue weighted by molar-refractivity contribution is 5.28. The first-order chi connectivity index (χ1) is 14.1. The van der Waals surface area contributed by atoms with Gasteiger partial charge in [0.05, 0.1) is 0 Å². The SMILES string of the molecule is C=CCN1CCN(Cc2cccc(OC[C@@H](O)CN(C)C3CCCCC3)c2)CC1. The van der Waals surface area contributed by atoms with Crippen molar-refractivity contribution in [3.63, 3.8) is 0 Å². The highest BCUT2D eigenvalue weighted by atomic mass is 16.5. The summed E-state index contributed by atoms with van der Waals surface area (Å²) in [4.78, 5) is 7.25. The highest BCUT2D eigenvalue weighted by Gasteiger charge is 2.20. The number of ether oxygens (including phenoxy) is 1. The normalized spacial score (nSPS) is 20.7. The van der Waals surface area contributed by atoms with E-state index in [-0.39, 0.29) is 0 Å². The molecule has 0 spiro atoms. The molecule has 3 rings (SSSR count). The Bertz CT molecular complexity index is 610. The second-order valence-corrected chi connectivity index (χ2v) is 8.71. The molecule has 1 heterocycles. The number of benzene rings is 1. The van der Waals surface area contributed by atoms with Crippen molar-refractivity contribution >= 4 is 0 Å². The zero-order valence-electron chi connectivity index (χ0n) is 18.1. The molecule has 0 aromatic heterocycles. The van der Waals surface area contributed by atoms with E-state index in [2.05, 4.69) is 46.5 Å². The molecule has 0 unspecified atom stereocenters. The molecular formula is C24H39N3O2. The molecule has 0 amide bonds. The van der Waals surface area contributed by atoms with Crippen molar-refractivity contribution in [3.8, 4) is 5.75 Å². The molecule has 1 saturated heterocycles. The number of likely N-dealkylation sites (N-methyl/N-ethyl adjacent to an activating group) is 1. The number of hydrogen-bond acceptors (Lipinski definition) is 5. The van der Waals surface area contributed by atoms with Crippen LogP contribution in [0.1, 0.15) is 37.7 Å². The average Bonchev–Trinajstić information content (AvgIpc) is 2.75. The lowest BCUT2D eigenvalue weighted by atomic mass is 9.94. The lowest BCUT2D eigenvalue weighted by Crippen LogP contribution is -2.45. The van der Waals surface area contributed by atoms with Gasteiger partial charge in [0.15, 0.2) is 0 Å². The van der Waals surface area contributed by atoms with E-state index >= 15 is 0 Å². The highest BCUT2D eigenvalue weighted by Crippen LogP contribution is 2.22. The first kappa shape index (κ1) is 22.3. The molecular weight excluding hydrogens is 362 g/mol. The van der Waals surface area contributed by atoms with Crippen molar-refractivity contribution in [1.82, 2.24) is 14.7 Å². The van der Waals surface area contributed by atoms with Crippen LogP contribution >= 0.6 is 0 Å². The van der Waals surface area contributed by atoms with E-state index in [9.17, 15) is 5.11 Å². The molecule has 0 radical (unpaired) electrons. The summed E-state index contributed by atoms with van der Waals surface area (Å²) in [6.07, 6.45) is 8.04. The smallest absolute Gasteiger partial charge is 0.119 e. The number of aliphatic hydroxyl groups excluding tert-OH is 1. The molecule has 1 saturated carbocycles. The Morgan fingerprint density at radius 3 is 2.62 bits per heavy atom. The van der Waals surface area contributed by atoms with Crippen LogP contribution in [0.2, 0.25) is 0 Å². The van der Waals surface area contributed by atoms with Crippen LogP contribution in [0.25, 0.3) is 0 Å². The molecule has 2 fully saturated rings. The van der Waals surface area contributed by atoms with Crippen molar-refractivity contribution in [2.45, 2.75) is 50.8 Å². The Morgan fingerprint density at radius 1 is 1.17 bits per heavy atom. The predicted octanol–water partition coefficient (Wildman–Crippen LogP) is 2.99. The van der Waals surface area contributed by atoms with Gasteiger partial charge in [-0.25, -0.2) is 0 Å². The Labute approximate surface area is 176 Å². The fourth-order valence-electron chi connectivity index (χ4n) is 4.55. The minimum atomic E-state index is -0.455. The molecule has 29 heavy (non-hydrogen) atoms. The monoisotopic (exact) mass is 401 g/mol. The molecule has 1 atom stereocenters. The summed E-state index contributed by atoms with van der Waals surface area (Å²) >= 11 is 0. The topological polar surface area (TPSA) is 39.2 Å². The van der Waals surface area contributed by atoms with Crippen molar-refractivity contribution in [2.24, 2.45) is 0 Å². The maximum atomic E-state index is 10.4. The van der Waals surface area contributed by atoms with Gasteiger partial charge in [0.1, 0.15) is 18.5 Å². The van der Waals surface area contributed by atoms with Crippen LogP contribution in [-0.2, 0) is 6.54 Å².